The van der Waals surface area contributed by atoms with Gasteiger partial charge in [-0.15, -0.1) is 12.4 Å². The summed E-state index contributed by atoms with van der Waals surface area (Å²) in [6.07, 6.45) is 8.61. The van der Waals surface area contributed by atoms with Gasteiger partial charge < -0.3 is 11.1 Å². The summed E-state index contributed by atoms with van der Waals surface area (Å²) in [6, 6.07) is 2.31. The summed E-state index contributed by atoms with van der Waals surface area (Å²) in [4.78, 5) is 11.8. The molecule has 0 spiro atoms. The number of hydrogen-bond acceptors (Lipinski definition) is 3. The lowest BCUT2D eigenvalue weighted by Crippen LogP contribution is -2.44. The third-order valence-electron chi connectivity index (χ3n) is 3.45. The van der Waals surface area contributed by atoms with E-state index in [9.17, 15) is 4.79 Å². The highest BCUT2D eigenvalue weighted by atomic mass is 35.5. The van der Waals surface area contributed by atoms with Gasteiger partial charge in [0, 0.05) is 24.9 Å². The molecule has 1 aliphatic rings. The van der Waals surface area contributed by atoms with E-state index in [4.69, 9.17) is 5.73 Å². The summed E-state index contributed by atoms with van der Waals surface area (Å²) >= 11 is 0. The molecule has 19 heavy (non-hydrogen) atoms. The Morgan fingerprint density at radius 1 is 1.53 bits per heavy atom. The van der Waals surface area contributed by atoms with Crippen LogP contribution in [0.4, 0.5) is 0 Å². The second-order valence-electron chi connectivity index (χ2n) is 5.19. The maximum atomic E-state index is 11.8. The molecule has 1 saturated carbocycles. The van der Waals surface area contributed by atoms with Crippen molar-refractivity contribution in [2.45, 2.75) is 57.2 Å². The van der Waals surface area contributed by atoms with E-state index in [-0.39, 0.29) is 36.4 Å². The van der Waals surface area contributed by atoms with Gasteiger partial charge in [-0.05, 0) is 25.8 Å². The van der Waals surface area contributed by atoms with E-state index in [1.165, 1.54) is 12.8 Å². The lowest BCUT2D eigenvalue weighted by atomic mass is 9.90. The first kappa shape index (κ1) is 16.0. The van der Waals surface area contributed by atoms with Crippen LogP contribution in [0.3, 0.4) is 0 Å². The molecule has 2 rings (SSSR count). The Kier molecular flexibility index (Phi) is 6.31. The zero-order chi connectivity index (χ0) is 13.0. The van der Waals surface area contributed by atoms with Gasteiger partial charge in [-0.25, -0.2) is 0 Å². The van der Waals surface area contributed by atoms with Gasteiger partial charge in [-0.3, -0.25) is 9.48 Å². The molecule has 1 amide bonds. The van der Waals surface area contributed by atoms with E-state index >= 15 is 0 Å². The van der Waals surface area contributed by atoms with Crippen LogP contribution in [0.2, 0.25) is 0 Å². The van der Waals surface area contributed by atoms with Crippen LogP contribution in [0.15, 0.2) is 18.5 Å². The Balaban J connectivity index is 0.00000180. The van der Waals surface area contributed by atoms with E-state index in [2.05, 4.69) is 10.4 Å². The average Bonchev–Trinajstić information content (AvgIpc) is 2.81. The third-order valence-corrected chi connectivity index (χ3v) is 3.45. The van der Waals surface area contributed by atoms with Crippen molar-refractivity contribution in [2.75, 3.05) is 0 Å². The van der Waals surface area contributed by atoms with E-state index in [1.54, 1.807) is 6.20 Å². The third kappa shape index (κ3) is 4.51. The van der Waals surface area contributed by atoms with Crippen molar-refractivity contribution in [2.24, 2.45) is 5.73 Å². The van der Waals surface area contributed by atoms with Gasteiger partial charge in [0.2, 0.25) is 5.91 Å². The predicted molar refractivity (Wildman–Crippen MR) is 77.2 cm³/mol. The molecule has 1 heterocycles. The SMILES string of the molecule is CC(N)CC(=O)NC1CCCCC1n1cccn1.Cl. The molecule has 6 heteroatoms. The fraction of sp³-hybridized carbons (Fsp3) is 0.692. The molecule has 0 saturated heterocycles. The Hall–Kier alpha value is -1.07. The van der Waals surface area contributed by atoms with Crippen LogP contribution in [0.25, 0.3) is 0 Å². The van der Waals surface area contributed by atoms with Gasteiger partial charge in [0.25, 0.3) is 0 Å². The Morgan fingerprint density at radius 2 is 2.26 bits per heavy atom. The Labute approximate surface area is 120 Å². The van der Waals surface area contributed by atoms with E-state index in [0.717, 1.165) is 12.8 Å². The minimum absolute atomic E-state index is 0. The smallest absolute Gasteiger partial charge is 0.221 e. The van der Waals surface area contributed by atoms with Crippen molar-refractivity contribution < 1.29 is 4.79 Å². The molecular weight excluding hydrogens is 264 g/mol. The number of hydrogen-bond donors (Lipinski definition) is 2. The highest BCUT2D eigenvalue weighted by Crippen LogP contribution is 2.28. The number of nitrogens with zero attached hydrogens (tertiary/aromatic N) is 2. The summed E-state index contributed by atoms with van der Waals surface area (Å²) in [6.45, 7) is 1.85. The fourth-order valence-electron chi connectivity index (χ4n) is 2.63. The quantitative estimate of drug-likeness (QED) is 0.884. The first-order chi connectivity index (χ1) is 8.66. The summed E-state index contributed by atoms with van der Waals surface area (Å²) in [5.41, 5.74) is 5.65. The van der Waals surface area contributed by atoms with Crippen LogP contribution >= 0.6 is 12.4 Å². The van der Waals surface area contributed by atoms with Gasteiger partial charge in [-0.1, -0.05) is 12.8 Å². The van der Waals surface area contributed by atoms with Crippen LogP contribution < -0.4 is 11.1 Å². The van der Waals surface area contributed by atoms with E-state index < -0.39 is 0 Å². The maximum absolute atomic E-state index is 11.8. The van der Waals surface area contributed by atoms with Gasteiger partial charge in [0.15, 0.2) is 0 Å². The van der Waals surface area contributed by atoms with E-state index in [0.29, 0.717) is 6.42 Å². The van der Waals surface area contributed by atoms with Crippen molar-refractivity contribution in [1.29, 1.82) is 0 Å². The number of carbonyl (C=O) groups is 1. The van der Waals surface area contributed by atoms with E-state index in [1.807, 2.05) is 23.9 Å². The van der Waals surface area contributed by atoms with Crippen molar-refractivity contribution in [3.63, 3.8) is 0 Å². The van der Waals surface area contributed by atoms with Crippen LogP contribution in [0.1, 0.15) is 45.1 Å². The molecule has 0 aliphatic heterocycles. The molecule has 5 nitrogen and oxygen atoms in total. The van der Waals surface area contributed by atoms with Crippen molar-refractivity contribution >= 4 is 18.3 Å². The number of aromatic nitrogens is 2. The average molecular weight is 287 g/mol. The maximum Gasteiger partial charge on any atom is 0.221 e. The number of amides is 1. The van der Waals surface area contributed by atoms with Gasteiger partial charge in [0.1, 0.15) is 0 Å². The lowest BCUT2D eigenvalue weighted by molar-refractivity contribution is -0.122. The zero-order valence-electron chi connectivity index (χ0n) is 11.3. The molecule has 1 aromatic rings. The summed E-state index contributed by atoms with van der Waals surface area (Å²) < 4.78 is 1.97. The second-order valence-corrected chi connectivity index (χ2v) is 5.19. The normalized spacial score (nSPS) is 24.3. The molecule has 0 radical (unpaired) electrons. The minimum atomic E-state index is -0.0863. The number of nitrogens with two attached hydrogens (primary N) is 1. The predicted octanol–water partition coefficient (Wildman–Crippen LogP) is 1.64. The number of rotatable bonds is 4. The van der Waals surface area contributed by atoms with Crippen molar-refractivity contribution in [1.82, 2.24) is 15.1 Å². The second kappa shape index (κ2) is 7.50. The summed E-state index contributed by atoms with van der Waals surface area (Å²) in [7, 11) is 0. The molecule has 1 fully saturated rings. The Morgan fingerprint density at radius 3 is 2.89 bits per heavy atom. The minimum Gasteiger partial charge on any atom is -0.351 e. The van der Waals surface area contributed by atoms with Gasteiger partial charge in [-0.2, -0.15) is 5.10 Å². The molecule has 1 aliphatic carbocycles. The number of halogens is 1. The number of carbonyl (C=O) groups excluding carboxylic acids is 1. The first-order valence-electron chi connectivity index (χ1n) is 6.71. The fourth-order valence-corrected chi connectivity index (χ4v) is 2.63. The standard InChI is InChI=1S/C13H22N4O.ClH/c1-10(14)9-13(18)16-11-5-2-3-6-12(11)17-8-4-7-15-17;/h4,7-8,10-12H,2-3,5-6,9,14H2,1H3,(H,16,18);1H. The molecule has 0 aromatic carbocycles. The van der Waals surface area contributed by atoms with Crippen LogP contribution in [-0.4, -0.2) is 27.8 Å². The molecule has 3 unspecified atom stereocenters. The van der Waals surface area contributed by atoms with Crippen molar-refractivity contribution in [3.05, 3.63) is 18.5 Å². The monoisotopic (exact) mass is 286 g/mol. The van der Waals surface area contributed by atoms with Crippen LogP contribution in [0.5, 0.6) is 0 Å². The molecular formula is C13H23ClN4O. The van der Waals surface area contributed by atoms with Crippen LogP contribution in [0, 0.1) is 0 Å². The highest BCUT2D eigenvalue weighted by molar-refractivity contribution is 5.85. The molecule has 0 bridgehead atoms. The van der Waals surface area contributed by atoms with Crippen LogP contribution in [-0.2, 0) is 4.79 Å². The molecule has 1 aromatic heterocycles. The molecule has 3 atom stereocenters. The molecule has 3 N–H and O–H groups in total. The highest BCUT2D eigenvalue weighted by Gasteiger charge is 2.28. The number of nitrogens with one attached hydrogen (secondary N) is 1. The zero-order valence-corrected chi connectivity index (χ0v) is 12.1. The largest absolute Gasteiger partial charge is 0.351 e. The summed E-state index contributed by atoms with van der Waals surface area (Å²) in [5.74, 6) is 0.0501. The Bertz CT molecular complexity index is 380. The van der Waals surface area contributed by atoms with Crippen molar-refractivity contribution in [3.8, 4) is 0 Å². The summed E-state index contributed by atoms with van der Waals surface area (Å²) in [5, 5.41) is 7.41. The topological polar surface area (TPSA) is 72.9 Å². The molecule has 108 valence electrons. The first-order valence-corrected chi connectivity index (χ1v) is 6.71. The van der Waals surface area contributed by atoms with Gasteiger partial charge in [0.05, 0.1) is 12.1 Å². The lowest BCUT2D eigenvalue weighted by Gasteiger charge is -2.32. The van der Waals surface area contributed by atoms with Gasteiger partial charge >= 0.3 is 0 Å².